The summed E-state index contributed by atoms with van der Waals surface area (Å²) in [5.74, 6) is 0. The normalized spacial score (nSPS) is 10.9. The average molecular weight is 314 g/mol. The molecule has 2 heterocycles. The van der Waals surface area contributed by atoms with Crippen molar-refractivity contribution in [3.05, 3.63) is 39.0 Å². The molecule has 0 saturated carbocycles. The molecule has 2 aromatic heterocycles. The number of aromatic nitrogens is 2. The predicted molar refractivity (Wildman–Crippen MR) is 75.3 cm³/mol. The summed E-state index contributed by atoms with van der Waals surface area (Å²) >= 11 is 5.33. The summed E-state index contributed by atoms with van der Waals surface area (Å²) in [4.78, 5) is 5.56. The van der Waals surface area contributed by atoms with Crippen LogP contribution in [0.5, 0.6) is 0 Å². The second-order valence-electron chi connectivity index (χ2n) is 3.88. The minimum absolute atomic E-state index is 0.886. The number of imidazole rings is 1. The van der Waals surface area contributed by atoms with Gasteiger partial charge in [-0.1, -0.05) is 6.92 Å². The van der Waals surface area contributed by atoms with E-state index in [1.54, 1.807) is 11.3 Å². The van der Waals surface area contributed by atoms with Crippen LogP contribution < -0.4 is 5.32 Å². The molecule has 0 aliphatic heterocycles. The smallest absolute Gasteiger partial charge is 0.0952 e. The van der Waals surface area contributed by atoms with Gasteiger partial charge in [-0.05, 0) is 40.3 Å². The topological polar surface area (TPSA) is 29.9 Å². The van der Waals surface area contributed by atoms with Gasteiger partial charge in [0.15, 0.2) is 0 Å². The maximum atomic E-state index is 4.22. The van der Waals surface area contributed by atoms with E-state index in [1.165, 1.54) is 15.0 Å². The number of thiophene rings is 1. The number of halogens is 1. The zero-order chi connectivity index (χ0) is 12.1. The Hall–Kier alpha value is -0.650. The Bertz CT molecular complexity index is 464. The summed E-state index contributed by atoms with van der Waals surface area (Å²) in [7, 11) is 0. The van der Waals surface area contributed by atoms with E-state index in [4.69, 9.17) is 0 Å². The fourth-order valence-corrected chi connectivity index (χ4v) is 3.10. The van der Waals surface area contributed by atoms with Gasteiger partial charge in [-0.3, -0.25) is 0 Å². The van der Waals surface area contributed by atoms with E-state index < -0.39 is 0 Å². The van der Waals surface area contributed by atoms with Gasteiger partial charge in [-0.15, -0.1) is 11.3 Å². The molecular formula is C12H16BrN3S. The Kier molecular flexibility index (Phi) is 4.76. The average Bonchev–Trinajstić information content (AvgIpc) is 2.91. The van der Waals surface area contributed by atoms with Crippen molar-refractivity contribution in [1.29, 1.82) is 0 Å². The van der Waals surface area contributed by atoms with E-state index in [1.807, 2.05) is 12.5 Å². The first kappa shape index (κ1) is 12.8. The van der Waals surface area contributed by atoms with Gasteiger partial charge in [0, 0.05) is 22.1 Å². The molecule has 0 unspecified atom stereocenters. The molecule has 2 aromatic rings. The summed E-state index contributed by atoms with van der Waals surface area (Å²) in [5, 5.41) is 5.51. The summed E-state index contributed by atoms with van der Waals surface area (Å²) in [6, 6.07) is 2.09. The van der Waals surface area contributed by atoms with Crippen molar-refractivity contribution in [2.45, 2.75) is 26.4 Å². The van der Waals surface area contributed by atoms with Crippen LogP contribution in [0, 0.1) is 0 Å². The lowest BCUT2D eigenvalue weighted by Crippen LogP contribution is -2.16. The molecule has 17 heavy (non-hydrogen) atoms. The summed E-state index contributed by atoms with van der Waals surface area (Å²) < 4.78 is 3.38. The molecular weight excluding hydrogens is 298 g/mol. The van der Waals surface area contributed by atoms with E-state index in [2.05, 4.69) is 49.2 Å². The molecule has 0 saturated heterocycles. The van der Waals surface area contributed by atoms with Crippen LogP contribution in [0.25, 0.3) is 0 Å². The van der Waals surface area contributed by atoms with Crippen LogP contribution in [0.3, 0.4) is 0 Å². The number of nitrogens with zero attached hydrogens (tertiary/aromatic N) is 2. The van der Waals surface area contributed by atoms with Gasteiger partial charge in [-0.2, -0.15) is 0 Å². The van der Waals surface area contributed by atoms with Crippen LogP contribution in [0.15, 0.2) is 28.4 Å². The van der Waals surface area contributed by atoms with Crippen LogP contribution in [0.1, 0.15) is 23.9 Å². The largest absolute Gasteiger partial charge is 0.328 e. The van der Waals surface area contributed by atoms with Gasteiger partial charge in [-0.25, -0.2) is 4.98 Å². The maximum absolute atomic E-state index is 4.22. The third-order valence-electron chi connectivity index (χ3n) is 2.54. The van der Waals surface area contributed by atoms with Gasteiger partial charge in [0.25, 0.3) is 0 Å². The Morgan fingerprint density at radius 1 is 1.53 bits per heavy atom. The first-order valence-electron chi connectivity index (χ1n) is 5.73. The molecule has 0 amide bonds. The molecule has 0 aliphatic carbocycles. The van der Waals surface area contributed by atoms with E-state index in [9.17, 15) is 0 Å². The monoisotopic (exact) mass is 313 g/mol. The van der Waals surface area contributed by atoms with Crippen LogP contribution >= 0.6 is 27.3 Å². The SMILES string of the molecule is CCCNCc1cncn1Cc1sccc1Br. The maximum Gasteiger partial charge on any atom is 0.0952 e. The van der Waals surface area contributed by atoms with Crippen molar-refractivity contribution in [1.82, 2.24) is 14.9 Å². The summed E-state index contributed by atoms with van der Waals surface area (Å²) in [6.07, 6.45) is 4.99. The van der Waals surface area contributed by atoms with Crippen LogP contribution in [-0.4, -0.2) is 16.1 Å². The van der Waals surface area contributed by atoms with E-state index in [0.717, 1.165) is 26.1 Å². The molecule has 1 N–H and O–H groups in total. The zero-order valence-electron chi connectivity index (χ0n) is 9.82. The molecule has 0 spiro atoms. The Labute approximate surface area is 114 Å². The van der Waals surface area contributed by atoms with Gasteiger partial charge in [0.05, 0.1) is 18.6 Å². The molecule has 0 atom stereocenters. The highest BCUT2D eigenvalue weighted by atomic mass is 79.9. The fourth-order valence-electron chi connectivity index (χ4n) is 1.62. The highest BCUT2D eigenvalue weighted by Gasteiger charge is 2.06. The summed E-state index contributed by atoms with van der Waals surface area (Å²) in [5.41, 5.74) is 1.23. The molecule has 0 fully saturated rings. The molecule has 0 radical (unpaired) electrons. The first-order chi connectivity index (χ1) is 8.31. The van der Waals surface area contributed by atoms with E-state index in [0.29, 0.717) is 0 Å². The lowest BCUT2D eigenvalue weighted by atomic mass is 10.4. The second-order valence-corrected chi connectivity index (χ2v) is 5.74. The van der Waals surface area contributed by atoms with Crippen LogP contribution in [0.2, 0.25) is 0 Å². The standard InChI is InChI=1S/C12H16BrN3S/c1-2-4-14-6-10-7-15-9-16(10)8-12-11(13)3-5-17-12/h3,5,7,9,14H,2,4,6,8H2,1H3. The fraction of sp³-hybridized carbons (Fsp3) is 0.417. The molecule has 0 aliphatic rings. The van der Waals surface area contributed by atoms with Gasteiger partial charge in [0.2, 0.25) is 0 Å². The second kappa shape index (κ2) is 6.33. The predicted octanol–water partition coefficient (Wildman–Crippen LogP) is 3.26. The number of hydrogen-bond acceptors (Lipinski definition) is 3. The lowest BCUT2D eigenvalue weighted by molar-refractivity contribution is 0.631. The third-order valence-corrected chi connectivity index (χ3v) is 4.45. The number of hydrogen-bond donors (Lipinski definition) is 1. The molecule has 3 nitrogen and oxygen atoms in total. The summed E-state index contributed by atoms with van der Waals surface area (Å²) in [6.45, 7) is 5.00. The highest BCUT2D eigenvalue weighted by Crippen LogP contribution is 2.23. The lowest BCUT2D eigenvalue weighted by Gasteiger charge is -2.08. The number of nitrogens with one attached hydrogen (secondary N) is 1. The minimum atomic E-state index is 0.886. The van der Waals surface area contributed by atoms with E-state index in [-0.39, 0.29) is 0 Å². The van der Waals surface area contributed by atoms with Crippen LogP contribution in [-0.2, 0) is 13.1 Å². The molecule has 2 rings (SSSR count). The van der Waals surface area contributed by atoms with E-state index >= 15 is 0 Å². The van der Waals surface area contributed by atoms with Crippen molar-refractivity contribution in [3.8, 4) is 0 Å². The first-order valence-corrected chi connectivity index (χ1v) is 7.40. The minimum Gasteiger partial charge on any atom is -0.328 e. The Morgan fingerprint density at radius 2 is 2.41 bits per heavy atom. The molecule has 0 bridgehead atoms. The Balaban J connectivity index is 2.01. The van der Waals surface area contributed by atoms with Crippen molar-refractivity contribution < 1.29 is 0 Å². The quantitative estimate of drug-likeness (QED) is 0.830. The van der Waals surface area contributed by atoms with Crippen molar-refractivity contribution in [2.24, 2.45) is 0 Å². The van der Waals surface area contributed by atoms with Crippen molar-refractivity contribution in [2.75, 3.05) is 6.54 Å². The molecule has 5 heteroatoms. The van der Waals surface area contributed by atoms with Gasteiger partial charge >= 0.3 is 0 Å². The van der Waals surface area contributed by atoms with Crippen LogP contribution in [0.4, 0.5) is 0 Å². The van der Waals surface area contributed by atoms with Crippen molar-refractivity contribution >= 4 is 27.3 Å². The molecule has 92 valence electrons. The zero-order valence-corrected chi connectivity index (χ0v) is 12.2. The van der Waals surface area contributed by atoms with Gasteiger partial charge in [0.1, 0.15) is 0 Å². The molecule has 0 aromatic carbocycles. The van der Waals surface area contributed by atoms with Gasteiger partial charge < -0.3 is 9.88 Å². The third kappa shape index (κ3) is 3.40. The Morgan fingerprint density at radius 3 is 3.12 bits per heavy atom. The highest BCUT2D eigenvalue weighted by molar-refractivity contribution is 9.10. The number of rotatable bonds is 6. The van der Waals surface area contributed by atoms with Crippen molar-refractivity contribution in [3.63, 3.8) is 0 Å².